The molecule has 6 nitrogen and oxygen atoms in total. The van der Waals surface area contributed by atoms with Crippen LogP contribution in [0, 0.1) is 0 Å². The number of esters is 1. The van der Waals surface area contributed by atoms with Crippen LogP contribution in [0.25, 0.3) is 0 Å². The van der Waals surface area contributed by atoms with Crippen LogP contribution < -0.4 is 5.32 Å². The summed E-state index contributed by atoms with van der Waals surface area (Å²) in [4.78, 5) is 19.1. The Bertz CT molecular complexity index is 377. The third kappa shape index (κ3) is 2.46. The average molecular weight is 223 g/mol. The lowest BCUT2D eigenvalue weighted by Gasteiger charge is -2.11. The summed E-state index contributed by atoms with van der Waals surface area (Å²) in [7, 11) is 1.30. The van der Waals surface area contributed by atoms with E-state index >= 15 is 0 Å². The lowest BCUT2D eigenvalue weighted by molar-refractivity contribution is 0.0587. The van der Waals surface area contributed by atoms with Crippen molar-refractivity contribution >= 4 is 11.8 Å². The van der Waals surface area contributed by atoms with E-state index in [4.69, 9.17) is 4.74 Å². The molecule has 1 atom stereocenters. The molecular formula is C10H13N3O3. The van der Waals surface area contributed by atoms with Crippen molar-refractivity contribution in [2.75, 3.05) is 25.6 Å². The first-order valence-corrected chi connectivity index (χ1v) is 5.05. The van der Waals surface area contributed by atoms with Crippen LogP contribution in [0.1, 0.15) is 17.0 Å². The van der Waals surface area contributed by atoms with E-state index in [1.807, 2.05) is 0 Å². The second-order valence-electron chi connectivity index (χ2n) is 3.46. The minimum Gasteiger partial charge on any atom is -0.463 e. The fourth-order valence-electron chi connectivity index (χ4n) is 1.49. The highest BCUT2D eigenvalue weighted by molar-refractivity contribution is 5.85. The summed E-state index contributed by atoms with van der Waals surface area (Å²) < 4.78 is 9.78. The van der Waals surface area contributed by atoms with Gasteiger partial charge in [0.1, 0.15) is 5.82 Å². The first-order valence-electron chi connectivity index (χ1n) is 5.05. The summed E-state index contributed by atoms with van der Waals surface area (Å²) in [5.41, 5.74) is 0. The van der Waals surface area contributed by atoms with Gasteiger partial charge in [0.15, 0.2) is 0 Å². The molecule has 1 unspecified atom stereocenters. The Morgan fingerprint density at radius 3 is 3.25 bits per heavy atom. The van der Waals surface area contributed by atoms with E-state index < -0.39 is 5.97 Å². The van der Waals surface area contributed by atoms with Gasteiger partial charge in [-0.1, -0.05) is 0 Å². The van der Waals surface area contributed by atoms with Gasteiger partial charge in [-0.15, -0.1) is 0 Å². The quantitative estimate of drug-likeness (QED) is 0.751. The molecule has 0 bridgehead atoms. The van der Waals surface area contributed by atoms with Gasteiger partial charge in [0.25, 0.3) is 0 Å². The van der Waals surface area contributed by atoms with Gasteiger partial charge in [0.2, 0.25) is 5.82 Å². The monoisotopic (exact) mass is 223 g/mol. The number of nitrogens with zero attached hydrogens (tertiary/aromatic N) is 2. The molecule has 6 heteroatoms. The Morgan fingerprint density at radius 2 is 2.56 bits per heavy atom. The number of rotatable bonds is 3. The molecule has 1 aromatic heterocycles. The minimum absolute atomic E-state index is 0.0615. The molecule has 0 aliphatic carbocycles. The SMILES string of the molecule is COC(=O)c1nccc(NC2CCOC2)n1. The predicted molar refractivity (Wildman–Crippen MR) is 56.2 cm³/mol. The third-order valence-corrected chi connectivity index (χ3v) is 2.31. The summed E-state index contributed by atoms with van der Waals surface area (Å²) in [5.74, 6) is 0.142. The van der Waals surface area contributed by atoms with Crippen LogP contribution in [-0.2, 0) is 9.47 Å². The summed E-state index contributed by atoms with van der Waals surface area (Å²) in [6.45, 7) is 1.42. The fourth-order valence-corrected chi connectivity index (χ4v) is 1.49. The maximum Gasteiger partial charge on any atom is 0.376 e. The number of nitrogens with one attached hydrogen (secondary N) is 1. The van der Waals surface area contributed by atoms with Gasteiger partial charge in [-0.3, -0.25) is 0 Å². The number of ether oxygens (including phenoxy) is 2. The Hall–Kier alpha value is -1.69. The van der Waals surface area contributed by atoms with Crippen LogP contribution in [0.2, 0.25) is 0 Å². The molecule has 1 aliphatic rings. The second kappa shape index (κ2) is 4.89. The first-order chi connectivity index (χ1) is 7.79. The van der Waals surface area contributed by atoms with Gasteiger partial charge in [0, 0.05) is 12.8 Å². The van der Waals surface area contributed by atoms with Crippen molar-refractivity contribution in [3.63, 3.8) is 0 Å². The number of hydrogen-bond acceptors (Lipinski definition) is 6. The largest absolute Gasteiger partial charge is 0.463 e. The molecule has 0 radical (unpaired) electrons. The molecule has 0 saturated carbocycles. The number of carbonyl (C=O) groups is 1. The highest BCUT2D eigenvalue weighted by Crippen LogP contribution is 2.11. The predicted octanol–water partition coefficient (Wildman–Crippen LogP) is 0.464. The van der Waals surface area contributed by atoms with E-state index in [9.17, 15) is 4.79 Å². The smallest absolute Gasteiger partial charge is 0.376 e. The first kappa shape index (κ1) is 10.8. The minimum atomic E-state index is -0.536. The molecule has 1 N–H and O–H groups in total. The lowest BCUT2D eigenvalue weighted by atomic mass is 10.2. The Labute approximate surface area is 93.0 Å². The van der Waals surface area contributed by atoms with Crippen LogP contribution in [0.4, 0.5) is 5.82 Å². The zero-order valence-corrected chi connectivity index (χ0v) is 8.97. The van der Waals surface area contributed by atoms with Crippen molar-refractivity contribution in [2.45, 2.75) is 12.5 Å². The van der Waals surface area contributed by atoms with Gasteiger partial charge < -0.3 is 14.8 Å². The van der Waals surface area contributed by atoms with Crippen LogP contribution in [0.15, 0.2) is 12.3 Å². The van der Waals surface area contributed by atoms with Gasteiger partial charge >= 0.3 is 5.97 Å². The van der Waals surface area contributed by atoms with Crippen LogP contribution in [-0.4, -0.2) is 42.3 Å². The average Bonchev–Trinajstić information content (AvgIpc) is 2.81. The zero-order chi connectivity index (χ0) is 11.4. The number of aromatic nitrogens is 2. The van der Waals surface area contributed by atoms with Crippen LogP contribution in [0.3, 0.4) is 0 Å². The number of anilines is 1. The van der Waals surface area contributed by atoms with Crippen molar-refractivity contribution in [3.8, 4) is 0 Å². The second-order valence-corrected chi connectivity index (χ2v) is 3.46. The zero-order valence-electron chi connectivity index (χ0n) is 8.97. The maximum atomic E-state index is 11.2. The molecule has 16 heavy (non-hydrogen) atoms. The highest BCUT2D eigenvalue weighted by Gasteiger charge is 2.16. The van der Waals surface area contributed by atoms with Gasteiger partial charge in [-0.2, -0.15) is 0 Å². The maximum absolute atomic E-state index is 11.2. The van der Waals surface area contributed by atoms with Crippen LogP contribution in [0.5, 0.6) is 0 Å². The molecule has 2 rings (SSSR count). The summed E-state index contributed by atoms with van der Waals surface area (Å²) >= 11 is 0. The Morgan fingerprint density at radius 1 is 1.69 bits per heavy atom. The van der Waals surface area contributed by atoms with Crippen molar-refractivity contribution in [1.82, 2.24) is 9.97 Å². The number of methoxy groups -OCH3 is 1. The standard InChI is InChI=1S/C10H13N3O3/c1-15-10(14)9-11-4-2-8(13-9)12-7-3-5-16-6-7/h2,4,7H,3,5-6H2,1H3,(H,11,12,13). The number of hydrogen-bond donors (Lipinski definition) is 1. The van der Waals surface area contributed by atoms with Crippen molar-refractivity contribution < 1.29 is 14.3 Å². The van der Waals surface area contributed by atoms with E-state index in [1.54, 1.807) is 6.07 Å². The molecule has 1 aliphatic heterocycles. The number of carbonyl (C=O) groups excluding carboxylic acids is 1. The topological polar surface area (TPSA) is 73.3 Å². The molecule has 0 aromatic carbocycles. The fraction of sp³-hybridized carbons (Fsp3) is 0.500. The van der Waals surface area contributed by atoms with E-state index in [1.165, 1.54) is 13.3 Å². The highest BCUT2D eigenvalue weighted by atomic mass is 16.5. The molecule has 0 spiro atoms. The molecule has 0 amide bonds. The Balaban J connectivity index is 2.06. The molecular weight excluding hydrogens is 210 g/mol. The summed E-state index contributed by atoms with van der Waals surface area (Å²) in [6, 6.07) is 1.96. The summed E-state index contributed by atoms with van der Waals surface area (Å²) in [6.07, 6.45) is 2.47. The van der Waals surface area contributed by atoms with E-state index in [0.717, 1.165) is 13.0 Å². The van der Waals surface area contributed by atoms with Crippen molar-refractivity contribution in [3.05, 3.63) is 18.1 Å². The van der Waals surface area contributed by atoms with E-state index in [0.29, 0.717) is 12.4 Å². The molecule has 1 aromatic rings. The summed E-state index contributed by atoms with van der Waals surface area (Å²) in [5, 5.41) is 3.18. The molecule has 1 saturated heterocycles. The molecule has 2 heterocycles. The van der Waals surface area contributed by atoms with Crippen molar-refractivity contribution in [1.29, 1.82) is 0 Å². The molecule has 1 fully saturated rings. The van der Waals surface area contributed by atoms with Gasteiger partial charge in [-0.25, -0.2) is 14.8 Å². The Kier molecular flexibility index (Phi) is 3.31. The lowest BCUT2D eigenvalue weighted by Crippen LogP contribution is -2.20. The molecule has 86 valence electrons. The van der Waals surface area contributed by atoms with E-state index in [-0.39, 0.29) is 11.9 Å². The van der Waals surface area contributed by atoms with Crippen molar-refractivity contribution in [2.24, 2.45) is 0 Å². The normalized spacial score (nSPS) is 19.4. The van der Waals surface area contributed by atoms with Crippen LogP contribution >= 0.6 is 0 Å². The van der Waals surface area contributed by atoms with E-state index in [2.05, 4.69) is 20.0 Å². The van der Waals surface area contributed by atoms with Gasteiger partial charge in [-0.05, 0) is 12.5 Å². The van der Waals surface area contributed by atoms with Gasteiger partial charge in [0.05, 0.1) is 19.8 Å². The third-order valence-electron chi connectivity index (χ3n) is 2.31.